The van der Waals surface area contributed by atoms with Crippen molar-refractivity contribution in [3.05, 3.63) is 0 Å². The molecule has 1 aliphatic carbocycles. The summed E-state index contributed by atoms with van der Waals surface area (Å²) in [6, 6.07) is 0.253. The van der Waals surface area contributed by atoms with Gasteiger partial charge < -0.3 is 14.9 Å². The molecule has 1 aliphatic heterocycles. The highest BCUT2D eigenvalue weighted by Gasteiger charge is 2.44. The number of carbonyl (C=O) groups is 1. The first-order valence-electron chi connectivity index (χ1n) is 7.58. The molecular formula is C15H28N2O2. The number of nitrogens with zero attached hydrogens (tertiary/aromatic N) is 2. The first-order valence-corrected chi connectivity index (χ1v) is 7.58. The summed E-state index contributed by atoms with van der Waals surface area (Å²) in [5.41, 5.74) is -0.593. The van der Waals surface area contributed by atoms with Crippen LogP contribution in [-0.2, 0) is 4.79 Å². The van der Waals surface area contributed by atoms with E-state index in [4.69, 9.17) is 0 Å². The maximum Gasteiger partial charge on any atom is 0.236 e. The van der Waals surface area contributed by atoms with Crippen molar-refractivity contribution < 1.29 is 9.90 Å². The largest absolute Gasteiger partial charge is 0.390 e. The van der Waals surface area contributed by atoms with Crippen molar-refractivity contribution in [3.8, 4) is 0 Å². The zero-order valence-electron chi connectivity index (χ0n) is 12.6. The lowest BCUT2D eigenvalue weighted by Crippen LogP contribution is -2.51. The smallest absolute Gasteiger partial charge is 0.236 e. The summed E-state index contributed by atoms with van der Waals surface area (Å²) >= 11 is 0. The lowest BCUT2D eigenvalue weighted by atomic mass is 9.72. The van der Waals surface area contributed by atoms with Crippen LogP contribution in [0.25, 0.3) is 0 Å². The summed E-state index contributed by atoms with van der Waals surface area (Å²) in [5, 5.41) is 10.6. The predicted octanol–water partition coefficient (Wildman–Crippen LogP) is 1.48. The van der Waals surface area contributed by atoms with E-state index in [9.17, 15) is 9.90 Å². The van der Waals surface area contributed by atoms with Gasteiger partial charge in [0.25, 0.3) is 0 Å². The summed E-state index contributed by atoms with van der Waals surface area (Å²) in [6.45, 7) is 3.30. The molecule has 0 aromatic rings. The van der Waals surface area contributed by atoms with Crippen molar-refractivity contribution in [1.82, 2.24) is 9.80 Å². The molecule has 1 saturated carbocycles. The van der Waals surface area contributed by atoms with Gasteiger partial charge in [0.15, 0.2) is 0 Å². The van der Waals surface area contributed by atoms with E-state index in [1.54, 1.807) is 0 Å². The van der Waals surface area contributed by atoms with Crippen molar-refractivity contribution in [2.24, 2.45) is 5.92 Å². The third-order valence-electron chi connectivity index (χ3n) is 4.78. The molecular weight excluding hydrogens is 240 g/mol. The molecule has 2 rings (SSSR count). The lowest BCUT2D eigenvalue weighted by Gasteiger charge is -2.43. The van der Waals surface area contributed by atoms with E-state index < -0.39 is 5.60 Å². The van der Waals surface area contributed by atoms with Crippen LogP contribution in [0.4, 0.5) is 0 Å². The fourth-order valence-corrected chi connectivity index (χ4v) is 3.83. The number of likely N-dealkylation sites (tertiary alicyclic amines) is 1. The van der Waals surface area contributed by atoms with Gasteiger partial charge >= 0.3 is 0 Å². The van der Waals surface area contributed by atoms with Crippen molar-refractivity contribution in [1.29, 1.82) is 0 Å². The minimum absolute atomic E-state index is 0.217. The average molecular weight is 268 g/mol. The van der Waals surface area contributed by atoms with Crippen molar-refractivity contribution in [3.63, 3.8) is 0 Å². The quantitative estimate of drug-likeness (QED) is 0.843. The Balaban J connectivity index is 2.07. The summed E-state index contributed by atoms with van der Waals surface area (Å²) in [6.07, 6.45) is 6.37. The van der Waals surface area contributed by atoms with Gasteiger partial charge in [0.05, 0.1) is 12.1 Å². The van der Waals surface area contributed by atoms with Crippen LogP contribution in [0.2, 0.25) is 0 Å². The first kappa shape index (κ1) is 14.8. The van der Waals surface area contributed by atoms with Gasteiger partial charge in [0, 0.05) is 18.5 Å². The first-order chi connectivity index (χ1) is 8.92. The van der Waals surface area contributed by atoms with E-state index in [1.807, 2.05) is 30.8 Å². The van der Waals surface area contributed by atoms with Gasteiger partial charge in [-0.05, 0) is 46.7 Å². The Bertz CT molecular complexity index is 328. The molecule has 4 heteroatoms. The number of hydrogen-bond donors (Lipinski definition) is 1. The zero-order valence-corrected chi connectivity index (χ0v) is 12.6. The maximum absolute atomic E-state index is 12.3. The third kappa shape index (κ3) is 3.29. The Hall–Kier alpha value is -0.610. The molecule has 1 amide bonds. The van der Waals surface area contributed by atoms with Gasteiger partial charge in [-0.1, -0.05) is 12.8 Å². The van der Waals surface area contributed by atoms with E-state index in [0.717, 1.165) is 38.6 Å². The van der Waals surface area contributed by atoms with Crippen molar-refractivity contribution in [2.45, 2.75) is 57.1 Å². The second-order valence-electron chi connectivity index (χ2n) is 6.74. The minimum Gasteiger partial charge on any atom is -0.390 e. The lowest BCUT2D eigenvalue weighted by molar-refractivity contribution is -0.137. The predicted molar refractivity (Wildman–Crippen MR) is 75.9 cm³/mol. The highest BCUT2D eigenvalue weighted by atomic mass is 16.3. The fraction of sp³-hybridized carbons (Fsp3) is 0.933. The van der Waals surface area contributed by atoms with Crippen LogP contribution in [0, 0.1) is 5.92 Å². The molecule has 0 bridgehead atoms. The van der Waals surface area contributed by atoms with Gasteiger partial charge in [-0.2, -0.15) is 0 Å². The van der Waals surface area contributed by atoms with Crippen LogP contribution >= 0.6 is 0 Å². The summed E-state index contributed by atoms with van der Waals surface area (Å²) in [5.74, 6) is 0.476. The number of amides is 1. The minimum atomic E-state index is -0.593. The molecule has 0 spiro atoms. The van der Waals surface area contributed by atoms with E-state index in [-0.39, 0.29) is 17.9 Å². The Morgan fingerprint density at radius 1 is 1.32 bits per heavy atom. The van der Waals surface area contributed by atoms with Crippen LogP contribution in [0.1, 0.15) is 45.4 Å². The topological polar surface area (TPSA) is 43.8 Å². The van der Waals surface area contributed by atoms with Gasteiger partial charge in [-0.15, -0.1) is 0 Å². The maximum atomic E-state index is 12.3. The number of rotatable bonds is 3. The van der Waals surface area contributed by atoms with Gasteiger partial charge in [0.2, 0.25) is 5.91 Å². The molecule has 0 aromatic carbocycles. The molecule has 19 heavy (non-hydrogen) atoms. The summed E-state index contributed by atoms with van der Waals surface area (Å²) in [7, 11) is 3.86. The Kier molecular flexibility index (Phi) is 4.51. The molecule has 1 saturated heterocycles. The molecule has 110 valence electrons. The Labute approximate surface area is 116 Å². The van der Waals surface area contributed by atoms with Gasteiger partial charge in [-0.25, -0.2) is 0 Å². The van der Waals surface area contributed by atoms with Crippen LogP contribution in [-0.4, -0.2) is 59.6 Å². The van der Waals surface area contributed by atoms with Crippen molar-refractivity contribution in [2.75, 3.05) is 27.2 Å². The monoisotopic (exact) mass is 268 g/mol. The molecule has 0 aromatic heterocycles. The van der Waals surface area contributed by atoms with Gasteiger partial charge in [0.1, 0.15) is 0 Å². The molecule has 1 heterocycles. The van der Waals surface area contributed by atoms with Crippen LogP contribution < -0.4 is 0 Å². The molecule has 4 nitrogen and oxygen atoms in total. The van der Waals surface area contributed by atoms with Gasteiger partial charge in [-0.3, -0.25) is 4.79 Å². The molecule has 0 radical (unpaired) electrons. The number of hydrogen-bond acceptors (Lipinski definition) is 3. The normalized spacial score (nSPS) is 35.9. The summed E-state index contributed by atoms with van der Waals surface area (Å²) < 4.78 is 0. The summed E-state index contributed by atoms with van der Waals surface area (Å²) in [4.78, 5) is 16.3. The van der Waals surface area contributed by atoms with E-state index >= 15 is 0 Å². The SMILES string of the molecule is CN(C)CC(=O)N1CCCC1C1CCCCC1(C)O. The molecule has 1 N–H and O–H groups in total. The average Bonchev–Trinajstić information content (AvgIpc) is 2.76. The fourth-order valence-electron chi connectivity index (χ4n) is 3.83. The van der Waals surface area contributed by atoms with E-state index in [1.165, 1.54) is 6.42 Å². The third-order valence-corrected chi connectivity index (χ3v) is 4.78. The standard InChI is InChI=1S/C15H28N2O2/c1-15(19)9-5-4-7-12(15)13-8-6-10-17(13)14(18)11-16(2)3/h12-13,19H,4-11H2,1-3H3. The molecule has 2 fully saturated rings. The molecule has 3 unspecified atom stereocenters. The Morgan fingerprint density at radius 2 is 2.05 bits per heavy atom. The second kappa shape index (κ2) is 5.80. The number of likely N-dealkylation sites (N-methyl/N-ethyl adjacent to an activating group) is 1. The van der Waals surface area contributed by atoms with E-state index in [0.29, 0.717) is 6.54 Å². The van der Waals surface area contributed by atoms with Crippen molar-refractivity contribution >= 4 is 5.91 Å². The highest BCUT2D eigenvalue weighted by molar-refractivity contribution is 5.78. The zero-order chi connectivity index (χ0) is 14.0. The number of aliphatic hydroxyl groups is 1. The Morgan fingerprint density at radius 3 is 2.68 bits per heavy atom. The highest BCUT2D eigenvalue weighted by Crippen LogP contribution is 2.40. The number of carbonyl (C=O) groups excluding carboxylic acids is 1. The van der Waals surface area contributed by atoms with Crippen LogP contribution in [0.5, 0.6) is 0 Å². The molecule has 3 atom stereocenters. The van der Waals surface area contributed by atoms with E-state index in [2.05, 4.69) is 0 Å². The second-order valence-corrected chi connectivity index (χ2v) is 6.74. The molecule has 2 aliphatic rings. The van der Waals surface area contributed by atoms with Crippen LogP contribution in [0.15, 0.2) is 0 Å². The van der Waals surface area contributed by atoms with Crippen LogP contribution in [0.3, 0.4) is 0 Å².